The zero-order valence-corrected chi connectivity index (χ0v) is 13.3. The number of pyridine rings is 1. The van der Waals surface area contributed by atoms with Gasteiger partial charge >= 0.3 is 6.09 Å². The Kier molecular flexibility index (Phi) is 3.73. The van der Waals surface area contributed by atoms with Crippen molar-refractivity contribution in [2.45, 2.75) is 26.4 Å². The van der Waals surface area contributed by atoms with Gasteiger partial charge in [-0.1, -0.05) is 0 Å². The van der Waals surface area contributed by atoms with Gasteiger partial charge in [0.15, 0.2) is 0 Å². The number of nitrogens with one attached hydrogen (secondary N) is 1. The van der Waals surface area contributed by atoms with Crippen molar-refractivity contribution in [2.24, 2.45) is 0 Å². The van der Waals surface area contributed by atoms with Gasteiger partial charge in [-0.25, -0.2) is 9.78 Å². The predicted octanol–water partition coefficient (Wildman–Crippen LogP) is 3.74. The molecule has 3 rings (SSSR count). The van der Waals surface area contributed by atoms with Gasteiger partial charge in [-0.15, -0.1) is 0 Å². The maximum absolute atomic E-state index is 11.8. The first kappa shape index (κ1) is 15.0. The number of carbonyl (C=O) groups excluding carboxylic acids is 1. The molecule has 0 aromatic carbocycles. The molecule has 0 spiro atoms. The number of hydrogen-bond donors (Lipinski definition) is 1. The molecule has 0 radical (unpaired) electrons. The van der Waals surface area contributed by atoms with Crippen LogP contribution in [0.3, 0.4) is 0 Å². The van der Waals surface area contributed by atoms with Crippen molar-refractivity contribution in [1.29, 1.82) is 0 Å². The Morgan fingerprint density at radius 1 is 1.17 bits per heavy atom. The Morgan fingerprint density at radius 3 is 2.61 bits per heavy atom. The lowest BCUT2D eigenvalue weighted by Crippen LogP contribution is -2.27. The number of ether oxygens (including phenoxy) is 1. The Morgan fingerprint density at radius 2 is 1.91 bits per heavy atom. The number of nitrogens with zero attached hydrogens (tertiary/aromatic N) is 3. The third kappa shape index (κ3) is 3.66. The lowest BCUT2D eigenvalue weighted by Gasteiger charge is -2.19. The van der Waals surface area contributed by atoms with Gasteiger partial charge in [0.1, 0.15) is 17.7 Å². The van der Waals surface area contributed by atoms with Crippen LogP contribution in [0.2, 0.25) is 0 Å². The zero-order chi connectivity index (χ0) is 16.4. The molecule has 118 valence electrons. The van der Waals surface area contributed by atoms with Gasteiger partial charge in [-0.2, -0.15) is 0 Å². The number of amides is 1. The first-order valence-electron chi connectivity index (χ1n) is 7.29. The van der Waals surface area contributed by atoms with E-state index in [9.17, 15) is 4.79 Å². The summed E-state index contributed by atoms with van der Waals surface area (Å²) in [5.41, 5.74) is 2.52. The van der Waals surface area contributed by atoms with Crippen LogP contribution in [0.15, 0.2) is 49.2 Å². The van der Waals surface area contributed by atoms with Gasteiger partial charge in [0, 0.05) is 30.2 Å². The molecule has 3 aromatic rings. The highest BCUT2D eigenvalue weighted by Gasteiger charge is 2.16. The number of aromatic nitrogens is 3. The molecule has 0 aliphatic rings. The second-order valence-corrected chi connectivity index (χ2v) is 6.20. The highest BCUT2D eigenvalue weighted by atomic mass is 16.6. The molecule has 3 aromatic heterocycles. The molecule has 0 saturated carbocycles. The van der Waals surface area contributed by atoms with E-state index in [-0.39, 0.29) is 0 Å². The average Bonchev–Trinajstić information content (AvgIpc) is 2.89. The molecule has 23 heavy (non-hydrogen) atoms. The number of carbonyl (C=O) groups is 1. The summed E-state index contributed by atoms with van der Waals surface area (Å²) in [4.78, 5) is 20.0. The lowest BCUT2D eigenvalue weighted by molar-refractivity contribution is 0.0635. The number of rotatable bonds is 2. The normalized spacial score (nSPS) is 11.4. The van der Waals surface area contributed by atoms with E-state index in [1.54, 1.807) is 24.8 Å². The minimum Gasteiger partial charge on any atom is -0.444 e. The summed E-state index contributed by atoms with van der Waals surface area (Å²) in [6.07, 6.45) is 6.63. The maximum Gasteiger partial charge on any atom is 0.413 e. The highest BCUT2D eigenvalue weighted by Crippen LogP contribution is 2.23. The average molecular weight is 310 g/mol. The van der Waals surface area contributed by atoms with E-state index in [2.05, 4.69) is 15.3 Å². The predicted molar refractivity (Wildman–Crippen MR) is 88.3 cm³/mol. The van der Waals surface area contributed by atoms with Crippen LogP contribution in [0.1, 0.15) is 20.8 Å². The number of anilines is 1. The van der Waals surface area contributed by atoms with Crippen LogP contribution < -0.4 is 5.32 Å². The molecular formula is C17H18N4O2. The van der Waals surface area contributed by atoms with Gasteiger partial charge in [0.25, 0.3) is 0 Å². The van der Waals surface area contributed by atoms with Crippen LogP contribution in [-0.4, -0.2) is 26.1 Å². The van der Waals surface area contributed by atoms with Gasteiger partial charge in [0.2, 0.25) is 0 Å². The van der Waals surface area contributed by atoms with Gasteiger partial charge in [0.05, 0.1) is 5.52 Å². The topological polar surface area (TPSA) is 68.5 Å². The van der Waals surface area contributed by atoms with E-state index in [4.69, 9.17) is 4.74 Å². The monoisotopic (exact) mass is 310 g/mol. The molecule has 0 unspecified atom stereocenters. The Bertz CT molecular complexity index is 835. The van der Waals surface area contributed by atoms with Crippen molar-refractivity contribution in [1.82, 2.24) is 14.4 Å². The standard InChI is InChI=1S/C17H18N4O2/c1-17(2,3)23-16(22)20-15-9-14-8-13(10-21(14)11-19-15)12-4-6-18-7-5-12/h4-11H,1-3H3,(H,20,22). The summed E-state index contributed by atoms with van der Waals surface area (Å²) in [7, 11) is 0. The first-order chi connectivity index (χ1) is 10.9. The fourth-order valence-corrected chi connectivity index (χ4v) is 2.19. The third-order valence-electron chi connectivity index (χ3n) is 3.13. The van der Waals surface area contributed by atoms with E-state index in [0.717, 1.165) is 16.6 Å². The second kappa shape index (κ2) is 5.72. The summed E-state index contributed by atoms with van der Waals surface area (Å²) in [6.45, 7) is 5.45. The quantitative estimate of drug-likeness (QED) is 0.783. The zero-order valence-electron chi connectivity index (χ0n) is 13.3. The van der Waals surface area contributed by atoms with Crippen molar-refractivity contribution in [3.63, 3.8) is 0 Å². The molecule has 0 aliphatic carbocycles. The Labute approximate surface area is 134 Å². The van der Waals surface area contributed by atoms with Crippen molar-refractivity contribution < 1.29 is 9.53 Å². The molecule has 0 atom stereocenters. The molecule has 0 saturated heterocycles. The summed E-state index contributed by atoms with van der Waals surface area (Å²) in [6, 6.07) is 7.72. The van der Waals surface area contributed by atoms with Crippen molar-refractivity contribution >= 4 is 17.4 Å². The molecule has 0 fully saturated rings. The lowest BCUT2D eigenvalue weighted by atomic mass is 10.1. The smallest absolute Gasteiger partial charge is 0.413 e. The molecule has 0 aliphatic heterocycles. The Hall–Kier alpha value is -2.89. The molecule has 0 bridgehead atoms. The molecule has 3 heterocycles. The first-order valence-corrected chi connectivity index (χ1v) is 7.29. The van der Waals surface area contributed by atoms with Gasteiger partial charge < -0.3 is 9.14 Å². The molecule has 6 heteroatoms. The van der Waals surface area contributed by atoms with E-state index < -0.39 is 11.7 Å². The molecule has 1 N–H and O–H groups in total. The summed E-state index contributed by atoms with van der Waals surface area (Å²) < 4.78 is 7.12. The van der Waals surface area contributed by atoms with Crippen LogP contribution in [0.4, 0.5) is 10.6 Å². The SMILES string of the molecule is CC(C)(C)OC(=O)Nc1cc2cc(-c3ccncc3)cn2cn1. The molecule has 6 nitrogen and oxygen atoms in total. The maximum atomic E-state index is 11.8. The minimum atomic E-state index is -0.544. The largest absolute Gasteiger partial charge is 0.444 e. The fourth-order valence-electron chi connectivity index (χ4n) is 2.19. The summed E-state index contributed by atoms with van der Waals surface area (Å²) in [5, 5.41) is 2.64. The summed E-state index contributed by atoms with van der Waals surface area (Å²) in [5.74, 6) is 0.450. The second-order valence-electron chi connectivity index (χ2n) is 6.20. The third-order valence-corrected chi connectivity index (χ3v) is 3.13. The van der Waals surface area contributed by atoms with E-state index in [0.29, 0.717) is 5.82 Å². The van der Waals surface area contributed by atoms with Gasteiger partial charge in [-0.3, -0.25) is 10.3 Å². The van der Waals surface area contributed by atoms with E-state index in [1.807, 2.05) is 49.6 Å². The van der Waals surface area contributed by atoms with Gasteiger partial charge in [-0.05, 0) is 44.5 Å². The van der Waals surface area contributed by atoms with Crippen LogP contribution in [-0.2, 0) is 4.74 Å². The molecular weight excluding hydrogens is 292 g/mol. The number of fused-ring (bicyclic) bond motifs is 1. The van der Waals surface area contributed by atoms with Crippen molar-refractivity contribution in [2.75, 3.05) is 5.32 Å². The van der Waals surface area contributed by atoms with Crippen LogP contribution in [0.25, 0.3) is 16.6 Å². The van der Waals surface area contributed by atoms with Crippen LogP contribution in [0.5, 0.6) is 0 Å². The van der Waals surface area contributed by atoms with Crippen LogP contribution in [0, 0.1) is 0 Å². The Balaban J connectivity index is 1.84. The number of hydrogen-bond acceptors (Lipinski definition) is 4. The fraction of sp³-hybridized carbons (Fsp3) is 0.235. The van der Waals surface area contributed by atoms with Crippen LogP contribution >= 0.6 is 0 Å². The van der Waals surface area contributed by atoms with Crippen molar-refractivity contribution in [3.8, 4) is 11.1 Å². The molecule has 1 amide bonds. The summed E-state index contributed by atoms with van der Waals surface area (Å²) >= 11 is 0. The highest BCUT2D eigenvalue weighted by molar-refractivity contribution is 5.84. The van der Waals surface area contributed by atoms with E-state index in [1.165, 1.54) is 0 Å². The minimum absolute atomic E-state index is 0.450. The van der Waals surface area contributed by atoms with Crippen molar-refractivity contribution in [3.05, 3.63) is 49.2 Å². The van der Waals surface area contributed by atoms with E-state index >= 15 is 0 Å².